The zero-order valence-electron chi connectivity index (χ0n) is 12.7. The first-order valence-corrected chi connectivity index (χ1v) is 7.33. The molecule has 3 nitrogen and oxygen atoms in total. The summed E-state index contributed by atoms with van der Waals surface area (Å²) in [6.45, 7) is 3.82. The normalized spacial score (nSPS) is 10.9. The van der Waals surface area contributed by atoms with Crippen molar-refractivity contribution in [2.24, 2.45) is 0 Å². The van der Waals surface area contributed by atoms with Crippen LogP contribution >= 0.6 is 0 Å². The Labute approximate surface area is 130 Å². The number of carbonyl (C=O) groups excluding carboxylic acids is 1. The first-order chi connectivity index (χ1) is 10.7. The zero-order valence-corrected chi connectivity index (χ0v) is 12.7. The van der Waals surface area contributed by atoms with E-state index >= 15 is 0 Å². The highest BCUT2D eigenvalue weighted by Crippen LogP contribution is 2.28. The Kier molecular flexibility index (Phi) is 3.88. The fraction of sp³-hybridized carbons (Fsp3) is 0.158. The Morgan fingerprint density at radius 2 is 1.41 bits per heavy atom. The molecule has 0 amide bonds. The van der Waals surface area contributed by atoms with Crippen LogP contribution in [0.4, 0.5) is 0 Å². The van der Waals surface area contributed by atoms with Gasteiger partial charge in [0.1, 0.15) is 6.04 Å². The van der Waals surface area contributed by atoms with Crippen molar-refractivity contribution in [3.05, 3.63) is 88.7 Å². The van der Waals surface area contributed by atoms with Gasteiger partial charge in [0.15, 0.2) is 6.29 Å². The SMILES string of the molecule is Cc1nn(C(c2ccccc2)c2ccccc2)c(C)c1C=O. The quantitative estimate of drug-likeness (QED) is 0.682. The summed E-state index contributed by atoms with van der Waals surface area (Å²) in [7, 11) is 0. The minimum Gasteiger partial charge on any atom is -0.298 e. The highest BCUT2D eigenvalue weighted by molar-refractivity contribution is 5.78. The standard InChI is InChI=1S/C19H18N2O/c1-14-18(13-22)15(2)21(20-14)19(16-9-5-3-6-10-16)17-11-7-4-8-12-17/h3-13,19H,1-2H3. The number of nitrogens with zero attached hydrogens (tertiary/aromatic N) is 2. The summed E-state index contributed by atoms with van der Waals surface area (Å²) in [6.07, 6.45) is 0.890. The molecule has 2 aromatic carbocycles. The van der Waals surface area contributed by atoms with Crippen LogP contribution < -0.4 is 0 Å². The Bertz CT molecular complexity index is 736. The van der Waals surface area contributed by atoms with Gasteiger partial charge in [-0.3, -0.25) is 9.48 Å². The van der Waals surface area contributed by atoms with Gasteiger partial charge in [0.25, 0.3) is 0 Å². The minimum atomic E-state index is -0.0326. The van der Waals surface area contributed by atoms with Gasteiger partial charge >= 0.3 is 0 Å². The van der Waals surface area contributed by atoms with E-state index in [1.54, 1.807) is 0 Å². The van der Waals surface area contributed by atoms with Gasteiger partial charge in [-0.2, -0.15) is 5.10 Å². The van der Waals surface area contributed by atoms with Crippen molar-refractivity contribution in [2.45, 2.75) is 19.9 Å². The number of rotatable bonds is 4. The molecule has 0 spiro atoms. The molecule has 0 aliphatic carbocycles. The molecule has 3 rings (SSSR count). The highest BCUT2D eigenvalue weighted by Gasteiger charge is 2.21. The molecule has 1 heterocycles. The van der Waals surface area contributed by atoms with Gasteiger partial charge in [-0.25, -0.2) is 0 Å². The van der Waals surface area contributed by atoms with E-state index in [1.807, 2.05) is 54.9 Å². The van der Waals surface area contributed by atoms with Crippen molar-refractivity contribution in [3.63, 3.8) is 0 Å². The van der Waals surface area contributed by atoms with E-state index in [4.69, 9.17) is 0 Å². The van der Waals surface area contributed by atoms with Crippen LogP contribution in [0, 0.1) is 13.8 Å². The largest absolute Gasteiger partial charge is 0.298 e. The second-order valence-electron chi connectivity index (χ2n) is 5.37. The molecule has 0 atom stereocenters. The third-order valence-electron chi connectivity index (χ3n) is 3.97. The summed E-state index contributed by atoms with van der Waals surface area (Å²) < 4.78 is 1.95. The Morgan fingerprint density at radius 1 is 0.909 bits per heavy atom. The molecule has 0 aliphatic rings. The molecule has 0 saturated heterocycles. The number of hydrogen-bond donors (Lipinski definition) is 0. The molecule has 0 N–H and O–H groups in total. The van der Waals surface area contributed by atoms with Gasteiger partial charge in [-0.15, -0.1) is 0 Å². The van der Waals surface area contributed by atoms with Crippen molar-refractivity contribution < 1.29 is 4.79 Å². The summed E-state index contributed by atoms with van der Waals surface area (Å²) >= 11 is 0. The van der Waals surface area contributed by atoms with Crippen LogP contribution in [-0.2, 0) is 0 Å². The van der Waals surface area contributed by atoms with Gasteiger partial charge in [-0.05, 0) is 25.0 Å². The molecular weight excluding hydrogens is 272 g/mol. The van der Waals surface area contributed by atoms with Crippen molar-refractivity contribution >= 4 is 6.29 Å². The number of aldehydes is 1. The third-order valence-corrected chi connectivity index (χ3v) is 3.97. The highest BCUT2D eigenvalue weighted by atomic mass is 16.1. The van der Waals surface area contributed by atoms with Crippen molar-refractivity contribution in [1.29, 1.82) is 0 Å². The zero-order chi connectivity index (χ0) is 15.5. The minimum absolute atomic E-state index is 0.0326. The number of carbonyl (C=O) groups is 1. The Morgan fingerprint density at radius 3 is 1.82 bits per heavy atom. The summed E-state index contributed by atoms with van der Waals surface area (Å²) in [5.74, 6) is 0. The fourth-order valence-corrected chi connectivity index (χ4v) is 2.84. The van der Waals surface area contributed by atoms with E-state index in [2.05, 4.69) is 29.4 Å². The number of aromatic nitrogens is 2. The van der Waals surface area contributed by atoms with Crippen molar-refractivity contribution in [2.75, 3.05) is 0 Å². The average Bonchev–Trinajstić information content (AvgIpc) is 2.84. The van der Waals surface area contributed by atoms with E-state index in [1.165, 1.54) is 0 Å². The van der Waals surface area contributed by atoms with Gasteiger partial charge in [0, 0.05) is 5.69 Å². The number of hydrogen-bond acceptors (Lipinski definition) is 2. The average molecular weight is 290 g/mol. The topological polar surface area (TPSA) is 34.9 Å². The molecule has 0 aliphatic heterocycles. The molecule has 0 saturated carbocycles. The first-order valence-electron chi connectivity index (χ1n) is 7.33. The second kappa shape index (κ2) is 5.98. The smallest absolute Gasteiger partial charge is 0.153 e. The molecule has 3 heteroatoms. The van der Waals surface area contributed by atoms with E-state index in [9.17, 15) is 4.79 Å². The number of aryl methyl sites for hydroxylation is 1. The van der Waals surface area contributed by atoms with Gasteiger partial charge in [0.2, 0.25) is 0 Å². The fourth-order valence-electron chi connectivity index (χ4n) is 2.84. The molecule has 1 aromatic heterocycles. The predicted molar refractivity (Wildman–Crippen MR) is 87.2 cm³/mol. The van der Waals surface area contributed by atoms with Crippen LogP contribution in [-0.4, -0.2) is 16.1 Å². The monoisotopic (exact) mass is 290 g/mol. The second-order valence-corrected chi connectivity index (χ2v) is 5.37. The van der Waals surface area contributed by atoms with Crippen LogP contribution in [0.5, 0.6) is 0 Å². The number of benzene rings is 2. The van der Waals surface area contributed by atoms with E-state index in [0.717, 1.165) is 28.8 Å². The Hall–Kier alpha value is -2.68. The summed E-state index contributed by atoms with van der Waals surface area (Å²) in [5.41, 5.74) is 4.64. The van der Waals surface area contributed by atoms with Crippen LogP contribution in [0.1, 0.15) is 38.9 Å². The molecule has 0 unspecified atom stereocenters. The maximum Gasteiger partial charge on any atom is 0.153 e. The lowest BCUT2D eigenvalue weighted by Crippen LogP contribution is -2.15. The van der Waals surface area contributed by atoms with E-state index in [-0.39, 0.29) is 6.04 Å². The van der Waals surface area contributed by atoms with Gasteiger partial charge < -0.3 is 0 Å². The molecule has 0 fully saturated rings. The van der Waals surface area contributed by atoms with Gasteiger partial charge in [-0.1, -0.05) is 60.7 Å². The van der Waals surface area contributed by atoms with E-state index < -0.39 is 0 Å². The summed E-state index contributed by atoms with van der Waals surface area (Å²) in [6, 6.07) is 20.4. The predicted octanol–water partition coefficient (Wildman–Crippen LogP) is 3.95. The molecule has 110 valence electrons. The molecule has 22 heavy (non-hydrogen) atoms. The summed E-state index contributed by atoms with van der Waals surface area (Å²) in [4.78, 5) is 11.3. The van der Waals surface area contributed by atoms with Crippen molar-refractivity contribution in [1.82, 2.24) is 9.78 Å². The summed E-state index contributed by atoms with van der Waals surface area (Å²) in [5, 5.41) is 4.62. The van der Waals surface area contributed by atoms with Crippen LogP contribution in [0.15, 0.2) is 60.7 Å². The van der Waals surface area contributed by atoms with E-state index in [0.29, 0.717) is 5.56 Å². The lowest BCUT2D eigenvalue weighted by molar-refractivity contribution is 0.112. The van der Waals surface area contributed by atoms with Crippen LogP contribution in [0.25, 0.3) is 0 Å². The van der Waals surface area contributed by atoms with Crippen LogP contribution in [0.3, 0.4) is 0 Å². The molecule has 0 bridgehead atoms. The molecular formula is C19H18N2O. The maximum atomic E-state index is 11.3. The van der Waals surface area contributed by atoms with Crippen molar-refractivity contribution in [3.8, 4) is 0 Å². The maximum absolute atomic E-state index is 11.3. The first kappa shape index (κ1) is 14.3. The molecule has 3 aromatic rings. The lowest BCUT2D eigenvalue weighted by Gasteiger charge is -2.20. The van der Waals surface area contributed by atoms with Crippen LogP contribution in [0.2, 0.25) is 0 Å². The van der Waals surface area contributed by atoms with Gasteiger partial charge in [0.05, 0.1) is 11.3 Å². The third kappa shape index (κ3) is 2.46. The molecule has 0 radical (unpaired) electrons. The lowest BCUT2D eigenvalue weighted by atomic mass is 9.98. The Balaban J connectivity index is 2.21.